The van der Waals surface area contributed by atoms with E-state index in [2.05, 4.69) is 0 Å². The van der Waals surface area contributed by atoms with Gasteiger partial charge in [0.15, 0.2) is 0 Å². The van der Waals surface area contributed by atoms with Gasteiger partial charge in [0.1, 0.15) is 0 Å². The number of halogens is 1. The molecule has 0 radical (unpaired) electrons. The Kier molecular flexibility index (Phi) is 3.09. The topological polar surface area (TPSA) is 37.4 Å². The van der Waals surface area contributed by atoms with Gasteiger partial charge in [0.05, 0.1) is 0 Å². The van der Waals surface area contributed by atoms with Crippen LogP contribution in [0.1, 0.15) is 19.8 Å². The highest BCUT2D eigenvalue weighted by molar-refractivity contribution is 6.17. The van der Waals surface area contributed by atoms with Crippen molar-refractivity contribution in [2.45, 2.75) is 19.8 Å². The van der Waals surface area contributed by atoms with Crippen molar-refractivity contribution in [2.24, 2.45) is 5.92 Å². The molecule has 4 heteroatoms. The number of rotatable bonds is 3. The van der Waals surface area contributed by atoms with E-state index in [4.69, 9.17) is 11.6 Å². The third-order valence-corrected chi connectivity index (χ3v) is 2.25. The van der Waals surface area contributed by atoms with E-state index in [0.29, 0.717) is 25.3 Å². The van der Waals surface area contributed by atoms with Crippen molar-refractivity contribution in [3.05, 3.63) is 0 Å². The maximum atomic E-state index is 11.3. The lowest BCUT2D eigenvalue weighted by Crippen LogP contribution is -2.31. The predicted molar refractivity (Wildman–Crippen MR) is 45.8 cm³/mol. The Morgan fingerprint density at radius 1 is 1.58 bits per heavy atom. The zero-order valence-corrected chi connectivity index (χ0v) is 7.80. The molecule has 0 N–H and O–H groups in total. The van der Waals surface area contributed by atoms with Crippen molar-refractivity contribution in [1.82, 2.24) is 4.90 Å². The Hall–Kier alpha value is -0.570. The molecule has 68 valence electrons. The molecule has 1 fully saturated rings. The number of imide groups is 1. The minimum atomic E-state index is -0.132. The zero-order valence-electron chi connectivity index (χ0n) is 7.05. The van der Waals surface area contributed by atoms with Gasteiger partial charge in [0.25, 0.3) is 0 Å². The summed E-state index contributed by atoms with van der Waals surface area (Å²) in [4.78, 5) is 23.8. The fraction of sp³-hybridized carbons (Fsp3) is 0.750. The second-order valence-electron chi connectivity index (χ2n) is 3.03. The average Bonchev–Trinajstić information content (AvgIpc) is 2.25. The van der Waals surface area contributed by atoms with Crippen molar-refractivity contribution in [2.75, 3.05) is 12.4 Å². The molecule has 0 aromatic heterocycles. The minimum Gasteiger partial charge on any atom is -0.282 e. The first-order valence-corrected chi connectivity index (χ1v) is 4.60. The van der Waals surface area contributed by atoms with E-state index in [1.54, 1.807) is 6.92 Å². The fourth-order valence-corrected chi connectivity index (χ4v) is 1.42. The molecular formula is C8H12ClNO2. The molecule has 0 unspecified atom stereocenters. The molecule has 12 heavy (non-hydrogen) atoms. The molecule has 1 atom stereocenters. The summed E-state index contributed by atoms with van der Waals surface area (Å²) >= 11 is 5.46. The maximum Gasteiger partial charge on any atom is 0.232 e. The molecule has 1 aliphatic rings. The van der Waals surface area contributed by atoms with E-state index in [9.17, 15) is 9.59 Å². The molecule has 3 nitrogen and oxygen atoms in total. The quantitative estimate of drug-likeness (QED) is 0.491. The number of likely N-dealkylation sites (tertiary alicyclic amines) is 1. The molecule has 0 aliphatic carbocycles. The molecule has 0 aromatic rings. The second-order valence-corrected chi connectivity index (χ2v) is 3.41. The third kappa shape index (κ3) is 1.78. The molecule has 0 spiro atoms. The summed E-state index contributed by atoms with van der Waals surface area (Å²) in [6, 6.07) is 0. The highest BCUT2D eigenvalue weighted by Gasteiger charge is 2.34. The van der Waals surface area contributed by atoms with Crippen LogP contribution in [0.25, 0.3) is 0 Å². The van der Waals surface area contributed by atoms with Crippen LogP contribution in [0.5, 0.6) is 0 Å². The molecular weight excluding hydrogens is 178 g/mol. The number of hydrogen-bond donors (Lipinski definition) is 0. The standard InChI is InChI=1S/C8H12ClNO2/c1-6-5-7(11)10(8(6)12)4-2-3-9/h6H,2-5H2,1H3/t6-/m0/s1. The molecule has 0 bridgehead atoms. The number of carbonyl (C=O) groups excluding carboxylic acids is 2. The van der Waals surface area contributed by atoms with Crippen molar-refractivity contribution in [3.63, 3.8) is 0 Å². The van der Waals surface area contributed by atoms with E-state index < -0.39 is 0 Å². The molecule has 1 heterocycles. The van der Waals surface area contributed by atoms with Gasteiger partial charge in [0, 0.05) is 24.8 Å². The molecule has 2 amide bonds. The van der Waals surface area contributed by atoms with Gasteiger partial charge in [-0.1, -0.05) is 6.92 Å². The lowest BCUT2D eigenvalue weighted by molar-refractivity contribution is -0.139. The summed E-state index contributed by atoms with van der Waals surface area (Å²) in [7, 11) is 0. The van der Waals surface area contributed by atoms with E-state index in [1.165, 1.54) is 4.90 Å². The van der Waals surface area contributed by atoms with Gasteiger partial charge in [0.2, 0.25) is 11.8 Å². The van der Waals surface area contributed by atoms with Gasteiger partial charge < -0.3 is 0 Å². The van der Waals surface area contributed by atoms with Crippen LogP contribution in [0.15, 0.2) is 0 Å². The minimum absolute atomic E-state index is 0.0508. The van der Waals surface area contributed by atoms with Crippen LogP contribution in [0.2, 0.25) is 0 Å². The molecule has 1 saturated heterocycles. The van der Waals surface area contributed by atoms with Crippen LogP contribution in [0.4, 0.5) is 0 Å². The zero-order chi connectivity index (χ0) is 9.14. The second kappa shape index (κ2) is 3.90. The lowest BCUT2D eigenvalue weighted by atomic mass is 10.1. The highest BCUT2D eigenvalue weighted by Crippen LogP contribution is 2.18. The van der Waals surface area contributed by atoms with E-state index in [1.807, 2.05) is 0 Å². The normalized spacial score (nSPS) is 23.8. The van der Waals surface area contributed by atoms with Crippen molar-refractivity contribution >= 4 is 23.4 Å². The Bertz CT molecular complexity index is 205. The first-order chi connectivity index (χ1) is 5.66. The van der Waals surface area contributed by atoms with Gasteiger partial charge in [-0.15, -0.1) is 11.6 Å². The number of nitrogens with zero attached hydrogens (tertiary/aromatic N) is 1. The SMILES string of the molecule is C[C@H]1CC(=O)N(CCCCl)C1=O. The van der Waals surface area contributed by atoms with Gasteiger partial charge in [-0.2, -0.15) is 0 Å². The van der Waals surface area contributed by atoms with E-state index >= 15 is 0 Å². The summed E-state index contributed by atoms with van der Waals surface area (Å²) in [6.45, 7) is 2.26. The van der Waals surface area contributed by atoms with Gasteiger partial charge in [-0.3, -0.25) is 14.5 Å². The van der Waals surface area contributed by atoms with Crippen LogP contribution >= 0.6 is 11.6 Å². The Balaban J connectivity index is 2.52. The lowest BCUT2D eigenvalue weighted by Gasteiger charge is -2.12. The third-order valence-electron chi connectivity index (χ3n) is 1.98. The summed E-state index contributed by atoms with van der Waals surface area (Å²) in [6.07, 6.45) is 1.05. The largest absolute Gasteiger partial charge is 0.282 e. The summed E-state index contributed by atoms with van der Waals surface area (Å²) in [5, 5.41) is 0. The van der Waals surface area contributed by atoms with Gasteiger partial charge in [-0.25, -0.2) is 0 Å². The summed E-state index contributed by atoms with van der Waals surface area (Å²) in [5.74, 6) is 0.251. The Morgan fingerprint density at radius 2 is 2.25 bits per heavy atom. The Morgan fingerprint density at radius 3 is 2.67 bits per heavy atom. The van der Waals surface area contributed by atoms with E-state index in [0.717, 1.165) is 0 Å². The van der Waals surface area contributed by atoms with Crippen molar-refractivity contribution in [3.8, 4) is 0 Å². The number of amides is 2. The van der Waals surface area contributed by atoms with Gasteiger partial charge in [-0.05, 0) is 6.42 Å². The van der Waals surface area contributed by atoms with Gasteiger partial charge >= 0.3 is 0 Å². The molecule has 1 aliphatic heterocycles. The maximum absolute atomic E-state index is 11.3. The fourth-order valence-electron chi connectivity index (χ4n) is 1.30. The number of alkyl halides is 1. The summed E-state index contributed by atoms with van der Waals surface area (Å²) < 4.78 is 0. The molecule has 0 saturated carbocycles. The van der Waals surface area contributed by atoms with Crippen molar-refractivity contribution in [1.29, 1.82) is 0 Å². The van der Waals surface area contributed by atoms with E-state index in [-0.39, 0.29) is 17.7 Å². The van der Waals surface area contributed by atoms with Crippen LogP contribution < -0.4 is 0 Å². The van der Waals surface area contributed by atoms with Crippen molar-refractivity contribution < 1.29 is 9.59 Å². The molecule has 1 rings (SSSR count). The Labute approximate surface area is 76.7 Å². The first kappa shape index (κ1) is 9.52. The molecule has 0 aromatic carbocycles. The number of hydrogen-bond acceptors (Lipinski definition) is 2. The highest BCUT2D eigenvalue weighted by atomic mass is 35.5. The summed E-state index contributed by atoms with van der Waals surface area (Å²) in [5.41, 5.74) is 0. The predicted octanol–water partition coefficient (Wildman–Crippen LogP) is 1.01. The monoisotopic (exact) mass is 189 g/mol. The number of carbonyl (C=O) groups is 2. The first-order valence-electron chi connectivity index (χ1n) is 4.07. The smallest absolute Gasteiger partial charge is 0.232 e. The van der Waals surface area contributed by atoms with Crippen LogP contribution in [-0.4, -0.2) is 29.1 Å². The van der Waals surface area contributed by atoms with Crippen LogP contribution in [-0.2, 0) is 9.59 Å². The average molecular weight is 190 g/mol. The van der Waals surface area contributed by atoms with Crippen LogP contribution in [0.3, 0.4) is 0 Å². The van der Waals surface area contributed by atoms with Crippen LogP contribution in [0, 0.1) is 5.92 Å².